The molecule has 1 heterocycles. The maximum absolute atomic E-state index is 4.43. The lowest BCUT2D eigenvalue weighted by Gasteiger charge is -2.12. The number of hydrogen-bond donors (Lipinski definition) is 1. The Kier molecular flexibility index (Phi) is 3.41. The minimum absolute atomic E-state index is 0.528. The normalized spacial score (nSPS) is 18.0. The zero-order chi connectivity index (χ0) is 10.7. The Morgan fingerprint density at radius 3 is 3.00 bits per heavy atom. The highest BCUT2D eigenvalue weighted by atomic mass is 15.3. The molecule has 3 heteroatoms. The van der Waals surface area contributed by atoms with E-state index >= 15 is 0 Å². The quantitative estimate of drug-likeness (QED) is 0.725. The van der Waals surface area contributed by atoms with Crippen LogP contribution < -0.4 is 5.32 Å². The van der Waals surface area contributed by atoms with E-state index in [1.807, 2.05) is 6.92 Å². The highest BCUT2D eigenvalue weighted by molar-refractivity contribution is 4.95. The summed E-state index contributed by atoms with van der Waals surface area (Å²) < 4.78 is 2.08. The first kappa shape index (κ1) is 10.7. The van der Waals surface area contributed by atoms with Gasteiger partial charge in [0.05, 0.1) is 5.69 Å². The van der Waals surface area contributed by atoms with Crippen LogP contribution in [0.15, 0.2) is 12.3 Å². The Bertz CT molecular complexity index is 302. The standard InChI is InChI=1S/C12H21N3/c1-10-7-9-15(14-10)11(2)4-3-8-13-12-5-6-12/h7,9,11-13H,3-6,8H2,1-2H3. The van der Waals surface area contributed by atoms with Crippen molar-refractivity contribution < 1.29 is 0 Å². The predicted molar refractivity (Wildman–Crippen MR) is 61.9 cm³/mol. The molecule has 0 aromatic carbocycles. The fourth-order valence-electron chi connectivity index (χ4n) is 1.80. The van der Waals surface area contributed by atoms with Crippen LogP contribution in [0.5, 0.6) is 0 Å². The summed E-state index contributed by atoms with van der Waals surface area (Å²) in [5.41, 5.74) is 1.11. The summed E-state index contributed by atoms with van der Waals surface area (Å²) in [6, 6.07) is 3.44. The van der Waals surface area contributed by atoms with E-state index in [2.05, 4.69) is 34.3 Å². The molecule has 15 heavy (non-hydrogen) atoms. The minimum atomic E-state index is 0.528. The predicted octanol–water partition coefficient (Wildman–Crippen LogP) is 2.28. The Morgan fingerprint density at radius 1 is 1.60 bits per heavy atom. The van der Waals surface area contributed by atoms with E-state index in [1.54, 1.807) is 0 Å². The van der Waals surface area contributed by atoms with Crippen molar-refractivity contribution in [3.63, 3.8) is 0 Å². The van der Waals surface area contributed by atoms with Crippen molar-refractivity contribution >= 4 is 0 Å². The molecule has 1 aliphatic carbocycles. The fraction of sp³-hybridized carbons (Fsp3) is 0.750. The highest BCUT2D eigenvalue weighted by Crippen LogP contribution is 2.19. The molecule has 2 rings (SSSR count). The van der Waals surface area contributed by atoms with Gasteiger partial charge in [-0.1, -0.05) is 0 Å². The summed E-state index contributed by atoms with van der Waals surface area (Å²) in [5, 5.41) is 7.97. The van der Waals surface area contributed by atoms with E-state index in [1.165, 1.54) is 25.7 Å². The molecule has 1 atom stereocenters. The minimum Gasteiger partial charge on any atom is -0.314 e. The zero-order valence-electron chi connectivity index (χ0n) is 9.74. The van der Waals surface area contributed by atoms with Gasteiger partial charge in [0.15, 0.2) is 0 Å². The van der Waals surface area contributed by atoms with Crippen LogP contribution in [0.4, 0.5) is 0 Å². The van der Waals surface area contributed by atoms with Crippen LogP contribution in [0.1, 0.15) is 44.3 Å². The van der Waals surface area contributed by atoms with Crippen molar-refractivity contribution in [3.8, 4) is 0 Å². The molecular weight excluding hydrogens is 186 g/mol. The van der Waals surface area contributed by atoms with Crippen LogP contribution in [-0.4, -0.2) is 22.4 Å². The molecule has 0 bridgehead atoms. The van der Waals surface area contributed by atoms with Gasteiger partial charge in [-0.2, -0.15) is 5.10 Å². The summed E-state index contributed by atoms with van der Waals surface area (Å²) in [5.74, 6) is 0. The molecule has 0 saturated heterocycles. The van der Waals surface area contributed by atoms with Gasteiger partial charge >= 0.3 is 0 Å². The molecule has 0 spiro atoms. The average molecular weight is 207 g/mol. The van der Waals surface area contributed by atoms with Crippen molar-refractivity contribution in [1.82, 2.24) is 15.1 Å². The van der Waals surface area contributed by atoms with Crippen LogP contribution in [0, 0.1) is 6.92 Å². The molecular formula is C12H21N3. The Morgan fingerprint density at radius 2 is 2.40 bits per heavy atom. The van der Waals surface area contributed by atoms with Crippen molar-refractivity contribution in [1.29, 1.82) is 0 Å². The lowest BCUT2D eigenvalue weighted by atomic mass is 10.2. The summed E-state index contributed by atoms with van der Waals surface area (Å²) in [6.45, 7) is 5.44. The first-order valence-electron chi connectivity index (χ1n) is 6.01. The van der Waals surface area contributed by atoms with Gasteiger partial charge in [-0.05, 0) is 52.1 Å². The Balaban J connectivity index is 1.64. The van der Waals surface area contributed by atoms with Gasteiger partial charge in [0, 0.05) is 18.3 Å². The lowest BCUT2D eigenvalue weighted by Crippen LogP contribution is -2.18. The fourth-order valence-corrected chi connectivity index (χ4v) is 1.80. The van der Waals surface area contributed by atoms with E-state index in [0.29, 0.717) is 6.04 Å². The van der Waals surface area contributed by atoms with Gasteiger partial charge in [0.2, 0.25) is 0 Å². The molecule has 0 amide bonds. The van der Waals surface area contributed by atoms with E-state index < -0.39 is 0 Å². The smallest absolute Gasteiger partial charge is 0.0593 e. The molecule has 1 N–H and O–H groups in total. The maximum Gasteiger partial charge on any atom is 0.0593 e. The average Bonchev–Trinajstić information content (AvgIpc) is 2.94. The van der Waals surface area contributed by atoms with Gasteiger partial charge in [-0.3, -0.25) is 4.68 Å². The van der Waals surface area contributed by atoms with Crippen LogP contribution in [0.3, 0.4) is 0 Å². The number of hydrogen-bond acceptors (Lipinski definition) is 2. The third-order valence-electron chi connectivity index (χ3n) is 3.00. The molecule has 0 radical (unpaired) electrons. The zero-order valence-corrected chi connectivity index (χ0v) is 9.74. The van der Waals surface area contributed by atoms with Crippen LogP contribution in [0.25, 0.3) is 0 Å². The van der Waals surface area contributed by atoms with Crippen molar-refractivity contribution in [2.75, 3.05) is 6.54 Å². The van der Waals surface area contributed by atoms with Crippen LogP contribution in [0.2, 0.25) is 0 Å². The third kappa shape index (κ3) is 3.34. The summed E-state index contributed by atoms with van der Waals surface area (Å²) >= 11 is 0. The second-order valence-corrected chi connectivity index (χ2v) is 4.66. The van der Waals surface area contributed by atoms with Crippen LogP contribution >= 0.6 is 0 Å². The topological polar surface area (TPSA) is 29.9 Å². The van der Waals surface area contributed by atoms with Gasteiger partial charge in [-0.25, -0.2) is 0 Å². The van der Waals surface area contributed by atoms with Crippen molar-refractivity contribution in [2.45, 2.75) is 51.6 Å². The van der Waals surface area contributed by atoms with Crippen molar-refractivity contribution in [2.24, 2.45) is 0 Å². The monoisotopic (exact) mass is 207 g/mol. The highest BCUT2D eigenvalue weighted by Gasteiger charge is 2.19. The third-order valence-corrected chi connectivity index (χ3v) is 3.00. The van der Waals surface area contributed by atoms with Gasteiger partial charge in [0.25, 0.3) is 0 Å². The molecule has 1 fully saturated rings. The molecule has 1 saturated carbocycles. The van der Waals surface area contributed by atoms with Gasteiger partial charge < -0.3 is 5.32 Å². The summed E-state index contributed by atoms with van der Waals surface area (Å²) in [6.07, 6.45) is 7.30. The summed E-state index contributed by atoms with van der Waals surface area (Å²) in [4.78, 5) is 0. The van der Waals surface area contributed by atoms with E-state index in [4.69, 9.17) is 0 Å². The van der Waals surface area contributed by atoms with Gasteiger partial charge in [-0.15, -0.1) is 0 Å². The van der Waals surface area contributed by atoms with E-state index in [-0.39, 0.29) is 0 Å². The number of nitrogens with zero attached hydrogens (tertiary/aromatic N) is 2. The molecule has 1 aliphatic rings. The first-order valence-corrected chi connectivity index (χ1v) is 6.01. The maximum atomic E-state index is 4.43. The molecule has 3 nitrogen and oxygen atoms in total. The molecule has 1 aromatic heterocycles. The second-order valence-electron chi connectivity index (χ2n) is 4.66. The summed E-state index contributed by atoms with van der Waals surface area (Å²) in [7, 11) is 0. The molecule has 1 unspecified atom stereocenters. The van der Waals surface area contributed by atoms with Crippen molar-refractivity contribution in [3.05, 3.63) is 18.0 Å². The molecule has 84 valence electrons. The number of aryl methyl sites for hydroxylation is 1. The number of aromatic nitrogens is 2. The Hall–Kier alpha value is -0.830. The van der Waals surface area contributed by atoms with E-state index in [0.717, 1.165) is 18.3 Å². The number of rotatable bonds is 6. The second kappa shape index (κ2) is 4.79. The Labute approximate surface area is 91.9 Å². The molecule has 0 aliphatic heterocycles. The lowest BCUT2D eigenvalue weighted by molar-refractivity contribution is 0.436. The largest absolute Gasteiger partial charge is 0.314 e. The SMILES string of the molecule is Cc1ccn(C(C)CCCNC2CC2)n1. The van der Waals surface area contributed by atoms with Gasteiger partial charge in [0.1, 0.15) is 0 Å². The van der Waals surface area contributed by atoms with E-state index in [9.17, 15) is 0 Å². The molecule has 1 aromatic rings. The first-order chi connectivity index (χ1) is 7.25. The number of nitrogens with one attached hydrogen (secondary N) is 1. The van der Waals surface area contributed by atoms with Crippen LogP contribution in [-0.2, 0) is 0 Å².